The van der Waals surface area contributed by atoms with E-state index in [2.05, 4.69) is 10.1 Å². The molecule has 8 nitrogen and oxygen atoms in total. The molecule has 10 heteroatoms. The van der Waals surface area contributed by atoms with Gasteiger partial charge in [-0.1, -0.05) is 29.6 Å². The van der Waals surface area contributed by atoms with Crippen molar-refractivity contribution in [1.29, 1.82) is 0 Å². The Balaban J connectivity index is 0.00000225. The Morgan fingerprint density at radius 1 is 1.44 bits per heavy atom. The van der Waals surface area contributed by atoms with E-state index in [4.69, 9.17) is 26.6 Å². The smallest absolute Gasteiger partial charge is 0.312 e. The summed E-state index contributed by atoms with van der Waals surface area (Å²) in [6, 6.07) is 4.19. The first kappa shape index (κ1) is 19.4. The zero-order valence-electron chi connectivity index (χ0n) is 13.5. The van der Waals surface area contributed by atoms with Gasteiger partial charge in [-0.15, -0.1) is 12.4 Å². The molecule has 0 saturated heterocycles. The highest BCUT2D eigenvalue weighted by molar-refractivity contribution is 6.30. The fourth-order valence-electron chi connectivity index (χ4n) is 2.81. The number of ether oxygens (including phenoxy) is 1. The Morgan fingerprint density at radius 3 is 2.76 bits per heavy atom. The van der Waals surface area contributed by atoms with Crippen LogP contribution < -0.4 is 10.5 Å². The summed E-state index contributed by atoms with van der Waals surface area (Å²) in [6.07, 6.45) is 3.02. The lowest BCUT2D eigenvalue weighted by Crippen LogP contribution is -2.34. The normalized spacial score (nSPS) is 16.9. The van der Waals surface area contributed by atoms with E-state index in [0.29, 0.717) is 5.82 Å². The van der Waals surface area contributed by atoms with Gasteiger partial charge in [0.1, 0.15) is 0 Å². The summed E-state index contributed by atoms with van der Waals surface area (Å²) in [5.41, 5.74) is 5.51. The van der Waals surface area contributed by atoms with Crippen molar-refractivity contribution in [3.63, 3.8) is 0 Å². The molecule has 0 bridgehead atoms. The Bertz CT molecular complexity index is 762. The average molecular weight is 389 g/mol. The summed E-state index contributed by atoms with van der Waals surface area (Å²) in [5.74, 6) is 0.766. The SMILES string of the molecule is CC(Oc1ccc(Cl)cc1[N+](=O)[O-])c1nc(C2(N)CCCC2)no1.Cl. The molecular formula is C15H18Cl2N4O4. The van der Waals surface area contributed by atoms with Gasteiger partial charge in [-0.25, -0.2) is 0 Å². The monoisotopic (exact) mass is 388 g/mol. The van der Waals surface area contributed by atoms with E-state index in [0.717, 1.165) is 25.7 Å². The van der Waals surface area contributed by atoms with E-state index in [1.165, 1.54) is 18.2 Å². The van der Waals surface area contributed by atoms with Crippen LogP contribution in [-0.4, -0.2) is 15.1 Å². The van der Waals surface area contributed by atoms with Crippen LogP contribution in [0.25, 0.3) is 0 Å². The lowest BCUT2D eigenvalue weighted by molar-refractivity contribution is -0.386. The standard InChI is InChI=1S/C15H17ClN4O4.ClH/c1-9(23-12-5-4-10(16)8-11(12)20(21)22)13-18-14(19-24-13)15(17)6-2-3-7-15;/h4-5,8-9H,2-3,6-7,17H2,1H3;1H. The quantitative estimate of drug-likeness (QED) is 0.608. The highest BCUT2D eigenvalue weighted by atomic mass is 35.5. The van der Waals surface area contributed by atoms with E-state index in [-0.39, 0.29) is 34.8 Å². The predicted octanol–water partition coefficient (Wildman–Crippen LogP) is 3.92. The fraction of sp³-hybridized carbons (Fsp3) is 0.467. The van der Waals surface area contributed by atoms with Gasteiger partial charge >= 0.3 is 5.69 Å². The molecule has 0 amide bonds. The van der Waals surface area contributed by atoms with Gasteiger partial charge in [0, 0.05) is 11.1 Å². The molecule has 1 unspecified atom stereocenters. The van der Waals surface area contributed by atoms with Crippen LogP contribution in [0.4, 0.5) is 5.69 Å². The van der Waals surface area contributed by atoms with E-state index in [1.807, 2.05) is 0 Å². The summed E-state index contributed by atoms with van der Waals surface area (Å²) in [6.45, 7) is 1.67. The molecule has 1 saturated carbocycles. The van der Waals surface area contributed by atoms with Crippen molar-refractivity contribution in [3.8, 4) is 5.75 Å². The number of nitro groups is 1. The number of nitrogens with two attached hydrogens (primary N) is 1. The van der Waals surface area contributed by atoms with Crippen molar-refractivity contribution >= 4 is 29.7 Å². The summed E-state index contributed by atoms with van der Waals surface area (Å²) in [5, 5.41) is 15.3. The second-order valence-corrected chi connectivity index (χ2v) is 6.39. The largest absolute Gasteiger partial charge is 0.474 e. The van der Waals surface area contributed by atoms with E-state index < -0.39 is 16.6 Å². The second-order valence-electron chi connectivity index (χ2n) is 5.95. The van der Waals surface area contributed by atoms with Gasteiger partial charge < -0.3 is 15.0 Å². The summed E-state index contributed by atoms with van der Waals surface area (Å²) in [4.78, 5) is 14.9. The van der Waals surface area contributed by atoms with E-state index >= 15 is 0 Å². The molecule has 1 fully saturated rings. The molecule has 0 aliphatic heterocycles. The van der Waals surface area contributed by atoms with Crippen LogP contribution in [0, 0.1) is 10.1 Å². The molecule has 2 aromatic rings. The van der Waals surface area contributed by atoms with Crippen LogP contribution in [0.5, 0.6) is 5.75 Å². The molecule has 1 heterocycles. The summed E-state index contributed by atoms with van der Waals surface area (Å²) < 4.78 is 10.9. The number of rotatable bonds is 5. The Hall–Kier alpha value is -1.90. The van der Waals surface area contributed by atoms with Gasteiger partial charge in [0.15, 0.2) is 17.7 Å². The van der Waals surface area contributed by atoms with Crippen molar-refractivity contribution in [2.24, 2.45) is 5.73 Å². The molecule has 1 atom stereocenters. The molecule has 1 aromatic heterocycles. The van der Waals surface area contributed by atoms with Crippen molar-refractivity contribution in [3.05, 3.63) is 45.1 Å². The third-order valence-corrected chi connectivity index (χ3v) is 4.39. The predicted molar refractivity (Wildman–Crippen MR) is 93.0 cm³/mol. The zero-order chi connectivity index (χ0) is 17.3. The summed E-state index contributed by atoms with van der Waals surface area (Å²) in [7, 11) is 0. The number of aromatic nitrogens is 2. The van der Waals surface area contributed by atoms with Crippen LogP contribution in [0.1, 0.15) is 50.4 Å². The molecular weight excluding hydrogens is 371 g/mol. The van der Waals surface area contributed by atoms with Gasteiger partial charge in [0.25, 0.3) is 5.89 Å². The third-order valence-electron chi connectivity index (χ3n) is 4.15. The van der Waals surface area contributed by atoms with Crippen molar-refractivity contribution in [1.82, 2.24) is 10.1 Å². The Labute approximate surface area is 155 Å². The molecule has 1 aromatic carbocycles. The van der Waals surface area contributed by atoms with Crippen LogP contribution in [0.3, 0.4) is 0 Å². The lowest BCUT2D eigenvalue weighted by atomic mass is 9.99. The number of nitro benzene ring substituents is 1. The minimum absolute atomic E-state index is 0. The van der Waals surface area contributed by atoms with Gasteiger partial charge in [0.2, 0.25) is 0 Å². The third kappa shape index (κ3) is 4.02. The van der Waals surface area contributed by atoms with E-state index in [9.17, 15) is 10.1 Å². The first-order chi connectivity index (χ1) is 11.4. The second kappa shape index (κ2) is 7.55. The van der Waals surface area contributed by atoms with Crippen LogP contribution in [0.2, 0.25) is 5.02 Å². The Morgan fingerprint density at radius 2 is 2.12 bits per heavy atom. The molecule has 3 rings (SSSR count). The molecule has 1 aliphatic carbocycles. The molecule has 1 aliphatic rings. The minimum Gasteiger partial charge on any atom is -0.474 e. The molecule has 136 valence electrons. The van der Waals surface area contributed by atoms with Crippen molar-refractivity contribution in [2.45, 2.75) is 44.2 Å². The lowest BCUT2D eigenvalue weighted by Gasteiger charge is -2.17. The topological polar surface area (TPSA) is 117 Å². The first-order valence-corrected chi connectivity index (χ1v) is 8.00. The Kier molecular flexibility index (Phi) is 5.87. The molecule has 0 radical (unpaired) electrons. The maximum absolute atomic E-state index is 11.1. The van der Waals surface area contributed by atoms with Crippen LogP contribution in [-0.2, 0) is 5.54 Å². The highest BCUT2D eigenvalue weighted by Gasteiger charge is 2.36. The fourth-order valence-corrected chi connectivity index (χ4v) is 2.97. The van der Waals surface area contributed by atoms with Gasteiger partial charge in [-0.2, -0.15) is 4.98 Å². The number of halogens is 2. The first-order valence-electron chi connectivity index (χ1n) is 7.62. The van der Waals surface area contributed by atoms with Gasteiger partial charge in [0.05, 0.1) is 10.5 Å². The minimum atomic E-state index is -0.656. The van der Waals surface area contributed by atoms with Crippen molar-refractivity contribution in [2.75, 3.05) is 0 Å². The highest BCUT2D eigenvalue weighted by Crippen LogP contribution is 2.36. The average Bonchev–Trinajstić information content (AvgIpc) is 3.18. The molecule has 2 N–H and O–H groups in total. The number of hydrogen-bond donors (Lipinski definition) is 1. The maximum atomic E-state index is 11.1. The zero-order valence-corrected chi connectivity index (χ0v) is 15.0. The number of hydrogen-bond acceptors (Lipinski definition) is 7. The van der Waals surface area contributed by atoms with Gasteiger partial charge in [-0.05, 0) is 31.9 Å². The van der Waals surface area contributed by atoms with Crippen molar-refractivity contribution < 1.29 is 14.2 Å². The van der Waals surface area contributed by atoms with Crippen LogP contribution >= 0.6 is 24.0 Å². The maximum Gasteiger partial charge on any atom is 0.312 e. The van der Waals surface area contributed by atoms with E-state index in [1.54, 1.807) is 6.92 Å². The summed E-state index contributed by atoms with van der Waals surface area (Å²) >= 11 is 5.79. The number of benzene rings is 1. The van der Waals surface area contributed by atoms with Crippen LogP contribution in [0.15, 0.2) is 22.7 Å². The molecule has 0 spiro atoms. The van der Waals surface area contributed by atoms with Gasteiger partial charge in [-0.3, -0.25) is 10.1 Å². The number of nitrogens with zero attached hydrogens (tertiary/aromatic N) is 3. The molecule has 25 heavy (non-hydrogen) atoms.